The van der Waals surface area contributed by atoms with Crippen LogP contribution in [0.4, 0.5) is 0 Å². The van der Waals surface area contributed by atoms with E-state index >= 15 is 0 Å². The van der Waals surface area contributed by atoms with Crippen molar-refractivity contribution in [3.8, 4) is 0 Å². The fourth-order valence-electron chi connectivity index (χ4n) is 1.42. The molecule has 0 saturated carbocycles. The van der Waals surface area contributed by atoms with Crippen molar-refractivity contribution in [2.45, 2.75) is 6.42 Å². The van der Waals surface area contributed by atoms with Crippen molar-refractivity contribution in [2.75, 3.05) is 0 Å². The third kappa shape index (κ3) is 4.53. The van der Waals surface area contributed by atoms with Crippen molar-refractivity contribution in [1.29, 1.82) is 0 Å². The zero-order valence-corrected chi connectivity index (χ0v) is 10.9. The highest BCUT2D eigenvalue weighted by Gasteiger charge is 2.08. The second-order valence-corrected chi connectivity index (χ2v) is 4.59. The van der Waals surface area contributed by atoms with Crippen LogP contribution < -0.4 is 10.9 Å². The molecule has 6 heteroatoms. The lowest BCUT2D eigenvalue weighted by molar-refractivity contribution is -0.121. The van der Waals surface area contributed by atoms with Crippen molar-refractivity contribution >= 4 is 23.2 Å². The molecular weight excluding hydrogens is 264 g/mol. The summed E-state index contributed by atoms with van der Waals surface area (Å²) in [6, 6.07) is 12.8. The maximum Gasteiger partial charge on any atom is 0.279 e. The van der Waals surface area contributed by atoms with Crippen LogP contribution in [0.2, 0.25) is 0 Å². The lowest BCUT2D eigenvalue weighted by atomic mass is 10.1. The molecule has 0 unspecified atom stereocenters. The molecule has 4 N–H and O–H groups in total. The van der Waals surface area contributed by atoms with Crippen molar-refractivity contribution in [2.24, 2.45) is 0 Å². The Kier molecular flexibility index (Phi) is 5.72. The summed E-state index contributed by atoms with van der Waals surface area (Å²) in [5.74, 6) is -0.544. The van der Waals surface area contributed by atoms with Crippen LogP contribution in [-0.2, 0) is 11.2 Å². The summed E-state index contributed by atoms with van der Waals surface area (Å²) in [6.45, 7) is 0. The molecule has 0 bridgehead atoms. The third-order valence-electron chi connectivity index (χ3n) is 2.27. The van der Waals surface area contributed by atoms with Crippen LogP contribution in [0.3, 0.4) is 0 Å². The zero-order chi connectivity index (χ0) is 12.8. The molecule has 19 heavy (non-hydrogen) atoms. The van der Waals surface area contributed by atoms with Gasteiger partial charge in [-0.05, 0) is 17.0 Å². The second-order valence-electron chi connectivity index (χ2n) is 3.64. The van der Waals surface area contributed by atoms with Gasteiger partial charge in [-0.2, -0.15) is 0 Å². The van der Waals surface area contributed by atoms with E-state index in [0.717, 1.165) is 5.56 Å². The van der Waals surface area contributed by atoms with Gasteiger partial charge in [0.15, 0.2) is 0 Å². The van der Waals surface area contributed by atoms with Gasteiger partial charge in [-0.1, -0.05) is 36.4 Å². The maximum atomic E-state index is 11.6. The molecule has 2 rings (SSSR count). The Morgan fingerprint density at radius 3 is 2.37 bits per heavy atom. The van der Waals surface area contributed by atoms with E-state index in [0.29, 0.717) is 4.88 Å². The van der Waals surface area contributed by atoms with E-state index in [-0.39, 0.29) is 23.7 Å². The monoisotopic (exact) mass is 278 g/mol. The van der Waals surface area contributed by atoms with Crippen LogP contribution in [0.25, 0.3) is 0 Å². The predicted molar refractivity (Wildman–Crippen MR) is 73.7 cm³/mol. The van der Waals surface area contributed by atoms with Gasteiger partial charge in [0.1, 0.15) is 0 Å². The SMILES string of the molecule is O.O=C(Cc1ccccc1)NNC(=O)c1cccs1. The summed E-state index contributed by atoms with van der Waals surface area (Å²) in [5, 5.41) is 1.81. The van der Waals surface area contributed by atoms with E-state index in [2.05, 4.69) is 10.9 Å². The summed E-state index contributed by atoms with van der Waals surface area (Å²) in [6.07, 6.45) is 0.242. The van der Waals surface area contributed by atoms with Crippen molar-refractivity contribution in [3.63, 3.8) is 0 Å². The van der Waals surface area contributed by atoms with Crippen LogP contribution in [-0.4, -0.2) is 17.3 Å². The predicted octanol–water partition coefficient (Wildman–Crippen LogP) is 0.927. The summed E-state index contributed by atoms with van der Waals surface area (Å²) in [4.78, 5) is 23.7. The summed E-state index contributed by atoms with van der Waals surface area (Å²) in [7, 11) is 0. The van der Waals surface area contributed by atoms with Crippen molar-refractivity contribution < 1.29 is 15.1 Å². The molecule has 2 aromatic rings. The zero-order valence-electron chi connectivity index (χ0n) is 10.1. The van der Waals surface area contributed by atoms with Crippen molar-refractivity contribution in [1.82, 2.24) is 10.9 Å². The first-order valence-corrected chi connectivity index (χ1v) is 6.30. The first kappa shape index (κ1) is 14.9. The highest BCUT2D eigenvalue weighted by atomic mass is 32.1. The van der Waals surface area contributed by atoms with E-state index in [4.69, 9.17) is 0 Å². The van der Waals surface area contributed by atoms with Gasteiger partial charge in [-0.25, -0.2) is 0 Å². The van der Waals surface area contributed by atoms with E-state index in [1.165, 1.54) is 11.3 Å². The lowest BCUT2D eigenvalue weighted by Gasteiger charge is -2.06. The molecule has 0 aliphatic heterocycles. The molecule has 100 valence electrons. The Morgan fingerprint density at radius 1 is 1.00 bits per heavy atom. The lowest BCUT2D eigenvalue weighted by Crippen LogP contribution is -2.42. The van der Waals surface area contributed by atoms with E-state index in [9.17, 15) is 9.59 Å². The molecule has 1 aromatic carbocycles. The number of benzene rings is 1. The van der Waals surface area contributed by atoms with Gasteiger partial charge in [0.25, 0.3) is 5.91 Å². The molecule has 0 aliphatic carbocycles. The molecule has 2 amide bonds. The fraction of sp³-hybridized carbons (Fsp3) is 0.0769. The highest BCUT2D eigenvalue weighted by molar-refractivity contribution is 7.12. The number of thiophene rings is 1. The number of carbonyl (C=O) groups is 2. The minimum atomic E-state index is -0.300. The summed E-state index contributed by atoms with van der Waals surface area (Å²) in [5.41, 5.74) is 5.67. The average molecular weight is 278 g/mol. The molecule has 0 fully saturated rings. The van der Waals surface area contributed by atoms with Gasteiger partial charge < -0.3 is 5.48 Å². The van der Waals surface area contributed by atoms with E-state index in [1.54, 1.807) is 17.5 Å². The van der Waals surface area contributed by atoms with Gasteiger partial charge in [0, 0.05) is 0 Å². The Morgan fingerprint density at radius 2 is 1.74 bits per heavy atom. The standard InChI is InChI=1S/C13H12N2O2S.H2O/c16-12(9-10-5-2-1-3-6-10)14-15-13(17)11-7-4-8-18-11;/h1-8H,9H2,(H,14,16)(H,15,17);1H2. The van der Waals surface area contributed by atoms with Crippen LogP contribution in [0.15, 0.2) is 47.8 Å². The van der Waals surface area contributed by atoms with Gasteiger partial charge in [0.2, 0.25) is 5.91 Å². The van der Waals surface area contributed by atoms with Crippen LogP contribution >= 0.6 is 11.3 Å². The number of hydrogen-bond donors (Lipinski definition) is 2. The van der Waals surface area contributed by atoms with Gasteiger partial charge >= 0.3 is 0 Å². The van der Waals surface area contributed by atoms with Crippen LogP contribution in [0.5, 0.6) is 0 Å². The molecule has 0 saturated heterocycles. The minimum Gasteiger partial charge on any atom is -0.412 e. The average Bonchev–Trinajstić information content (AvgIpc) is 2.91. The Labute approximate surface area is 114 Å². The topological polar surface area (TPSA) is 89.7 Å². The first-order chi connectivity index (χ1) is 8.75. The molecule has 5 nitrogen and oxygen atoms in total. The smallest absolute Gasteiger partial charge is 0.279 e. The van der Waals surface area contributed by atoms with E-state index < -0.39 is 0 Å². The Hall–Kier alpha value is -2.18. The number of rotatable bonds is 3. The number of hydrogen-bond acceptors (Lipinski definition) is 3. The van der Waals surface area contributed by atoms with Crippen LogP contribution in [0.1, 0.15) is 15.2 Å². The first-order valence-electron chi connectivity index (χ1n) is 5.42. The second kappa shape index (κ2) is 7.30. The molecule has 1 heterocycles. The quantitative estimate of drug-likeness (QED) is 0.818. The highest BCUT2D eigenvalue weighted by Crippen LogP contribution is 2.07. The summed E-state index contributed by atoms with van der Waals surface area (Å²) >= 11 is 1.32. The number of hydrazine groups is 1. The Bertz CT molecular complexity index is 526. The fourth-order valence-corrected chi connectivity index (χ4v) is 2.04. The molecular formula is C13H14N2O3S. The largest absolute Gasteiger partial charge is 0.412 e. The molecule has 0 atom stereocenters. The maximum absolute atomic E-state index is 11.6. The molecule has 0 radical (unpaired) electrons. The van der Waals surface area contributed by atoms with Gasteiger partial charge in [0.05, 0.1) is 11.3 Å². The Balaban J connectivity index is 0.00000180. The van der Waals surface area contributed by atoms with Gasteiger partial charge in [-0.15, -0.1) is 11.3 Å². The minimum absolute atomic E-state index is 0. The summed E-state index contributed by atoms with van der Waals surface area (Å²) < 4.78 is 0. The molecule has 1 aromatic heterocycles. The normalized spacial score (nSPS) is 9.26. The van der Waals surface area contributed by atoms with E-state index in [1.807, 2.05) is 30.3 Å². The van der Waals surface area contributed by atoms with Crippen LogP contribution in [0, 0.1) is 0 Å². The molecule has 0 spiro atoms. The van der Waals surface area contributed by atoms with Crippen molar-refractivity contribution in [3.05, 3.63) is 58.3 Å². The molecule has 0 aliphatic rings. The number of nitrogens with one attached hydrogen (secondary N) is 2. The number of amides is 2. The number of carbonyl (C=O) groups excluding carboxylic acids is 2. The third-order valence-corrected chi connectivity index (χ3v) is 3.14. The van der Waals surface area contributed by atoms with Gasteiger partial charge in [-0.3, -0.25) is 20.4 Å².